The summed E-state index contributed by atoms with van der Waals surface area (Å²) in [6, 6.07) is 0.321. The summed E-state index contributed by atoms with van der Waals surface area (Å²) in [6.07, 6.45) is 5.44. The highest BCUT2D eigenvalue weighted by Crippen LogP contribution is 2.44. The maximum absolute atomic E-state index is 14.5. The van der Waals surface area contributed by atoms with Crippen LogP contribution in [-0.4, -0.2) is 48.6 Å². The minimum atomic E-state index is -3.44. The highest BCUT2D eigenvalue weighted by molar-refractivity contribution is 5.93. The fourth-order valence-electron chi connectivity index (χ4n) is 5.63. The molecular formula is C27H31F4N7O3. The first-order valence-corrected chi connectivity index (χ1v) is 14.0. The van der Waals surface area contributed by atoms with Crippen LogP contribution in [0.3, 0.4) is 0 Å². The van der Waals surface area contributed by atoms with Gasteiger partial charge in [0.25, 0.3) is 11.8 Å². The van der Waals surface area contributed by atoms with E-state index in [0.29, 0.717) is 16.9 Å². The number of carbonyl (C=O) groups excluding carboxylic acids is 2. The molecule has 3 fully saturated rings. The predicted octanol–water partition coefficient (Wildman–Crippen LogP) is 4.72. The van der Waals surface area contributed by atoms with E-state index in [2.05, 4.69) is 35.7 Å². The minimum absolute atomic E-state index is 0.0122. The molecule has 6 rings (SSSR count). The van der Waals surface area contributed by atoms with Crippen molar-refractivity contribution in [3.63, 3.8) is 0 Å². The lowest BCUT2D eigenvalue weighted by molar-refractivity contribution is -0.148. The average molecular weight is 578 g/mol. The van der Waals surface area contributed by atoms with E-state index in [9.17, 15) is 27.2 Å². The molecule has 0 spiro atoms. The highest BCUT2D eigenvalue weighted by atomic mass is 19.3. The van der Waals surface area contributed by atoms with E-state index in [4.69, 9.17) is 0 Å². The van der Waals surface area contributed by atoms with Gasteiger partial charge in [0.2, 0.25) is 5.92 Å². The van der Waals surface area contributed by atoms with E-state index >= 15 is 0 Å². The average Bonchev–Trinajstić information content (AvgIpc) is 3.84. The first-order valence-electron chi connectivity index (χ1n) is 14.0. The van der Waals surface area contributed by atoms with E-state index < -0.39 is 42.2 Å². The van der Waals surface area contributed by atoms with Crippen LogP contribution >= 0.6 is 0 Å². The number of aryl methyl sites for hydroxylation is 1. The molecule has 2 atom stereocenters. The van der Waals surface area contributed by atoms with Gasteiger partial charge >= 0.3 is 5.92 Å². The lowest BCUT2D eigenvalue weighted by Gasteiger charge is -2.33. The first-order chi connectivity index (χ1) is 19.5. The van der Waals surface area contributed by atoms with Gasteiger partial charge in [0.15, 0.2) is 11.3 Å². The second-order valence-corrected chi connectivity index (χ2v) is 11.7. The molecule has 0 saturated heterocycles. The van der Waals surface area contributed by atoms with Crippen molar-refractivity contribution in [3.05, 3.63) is 41.1 Å². The van der Waals surface area contributed by atoms with Gasteiger partial charge in [0.1, 0.15) is 5.69 Å². The standard InChI is InChI=1S/C27H31F4N7O3/c1-14-21(37-41-36-14)24(39)34-23(17-6-8-26(28,29)9-7-17)19-13-38-20(33-19)10-18(12-32-38)22(16-4-5-16)35-25(40)27(30,31)11-15-2-3-15/h10,12-13,15-17,22-23H,2-9,11H2,1H3,(H,34,39)(H,35,40)/t22-,23+/m1/s1. The zero-order valence-electron chi connectivity index (χ0n) is 22.5. The summed E-state index contributed by atoms with van der Waals surface area (Å²) >= 11 is 0. The molecule has 41 heavy (non-hydrogen) atoms. The maximum atomic E-state index is 14.5. The Morgan fingerprint density at radius 2 is 1.78 bits per heavy atom. The second kappa shape index (κ2) is 10.4. The molecule has 220 valence electrons. The smallest absolute Gasteiger partial charge is 0.324 e. The molecule has 0 aliphatic heterocycles. The number of fused-ring (bicyclic) bond motifs is 1. The monoisotopic (exact) mass is 577 g/mol. The molecule has 0 bridgehead atoms. The number of nitrogens with zero attached hydrogens (tertiary/aromatic N) is 5. The van der Waals surface area contributed by atoms with Crippen molar-refractivity contribution in [2.45, 2.75) is 88.6 Å². The Kier molecular flexibility index (Phi) is 6.97. The normalized spacial score (nSPS) is 21.0. The van der Waals surface area contributed by atoms with Gasteiger partial charge in [-0.1, -0.05) is 5.16 Å². The summed E-state index contributed by atoms with van der Waals surface area (Å²) in [6.45, 7) is 1.56. The number of amides is 2. The van der Waals surface area contributed by atoms with Crippen LogP contribution in [0.5, 0.6) is 0 Å². The van der Waals surface area contributed by atoms with Crippen molar-refractivity contribution in [2.24, 2.45) is 17.8 Å². The summed E-state index contributed by atoms with van der Waals surface area (Å²) in [5.41, 5.74) is 1.61. The zero-order valence-corrected chi connectivity index (χ0v) is 22.5. The number of carbonyl (C=O) groups is 2. The maximum Gasteiger partial charge on any atom is 0.324 e. The molecule has 3 heterocycles. The van der Waals surface area contributed by atoms with Crippen LogP contribution in [-0.2, 0) is 4.79 Å². The van der Waals surface area contributed by atoms with E-state index in [1.807, 2.05) is 0 Å². The van der Waals surface area contributed by atoms with Gasteiger partial charge in [-0.15, -0.1) is 0 Å². The fourth-order valence-corrected chi connectivity index (χ4v) is 5.63. The molecule has 0 aromatic carbocycles. The Morgan fingerprint density at radius 1 is 1.07 bits per heavy atom. The third kappa shape index (κ3) is 6.05. The summed E-state index contributed by atoms with van der Waals surface area (Å²) in [7, 11) is 0. The van der Waals surface area contributed by atoms with Gasteiger partial charge in [0, 0.05) is 19.3 Å². The molecule has 0 unspecified atom stereocenters. The van der Waals surface area contributed by atoms with Crippen LogP contribution < -0.4 is 10.6 Å². The molecule has 3 aliphatic rings. The quantitative estimate of drug-likeness (QED) is 0.334. The van der Waals surface area contributed by atoms with E-state index in [1.165, 1.54) is 10.7 Å². The lowest BCUT2D eigenvalue weighted by Crippen LogP contribution is -2.43. The number of aromatic nitrogens is 5. The third-order valence-electron chi connectivity index (χ3n) is 8.38. The molecule has 3 aliphatic carbocycles. The van der Waals surface area contributed by atoms with Gasteiger partial charge < -0.3 is 10.6 Å². The van der Waals surface area contributed by atoms with Gasteiger partial charge in [0.05, 0.1) is 30.2 Å². The van der Waals surface area contributed by atoms with Gasteiger partial charge in [-0.3, -0.25) is 9.59 Å². The molecule has 3 aromatic rings. The van der Waals surface area contributed by atoms with Crippen molar-refractivity contribution in [1.29, 1.82) is 0 Å². The molecule has 3 saturated carbocycles. The van der Waals surface area contributed by atoms with Crippen LogP contribution in [0.4, 0.5) is 17.6 Å². The number of imidazole rings is 1. The molecular weight excluding hydrogens is 546 g/mol. The van der Waals surface area contributed by atoms with Crippen LogP contribution in [0.25, 0.3) is 5.65 Å². The number of hydrogen-bond acceptors (Lipinski definition) is 7. The third-order valence-corrected chi connectivity index (χ3v) is 8.38. The highest BCUT2D eigenvalue weighted by Gasteiger charge is 2.46. The molecule has 2 N–H and O–H groups in total. The van der Waals surface area contributed by atoms with Gasteiger partial charge in [-0.25, -0.2) is 22.9 Å². The van der Waals surface area contributed by atoms with E-state index in [-0.39, 0.29) is 54.8 Å². The van der Waals surface area contributed by atoms with Crippen molar-refractivity contribution < 1.29 is 31.8 Å². The van der Waals surface area contributed by atoms with E-state index in [0.717, 1.165) is 25.7 Å². The van der Waals surface area contributed by atoms with Crippen LogP contribution in [0.1, 0.15) is 97.3 Å². The summed E-state index contributed by atoms with van der Waals surface area (Å²) < 4.78 is 63.1. The Morgan fingerprint density at radius 3 is 2.41 bits per heavy atom. The molecule has 3 aromatic heterocycles. The molecule has 0 radical (unpaired) electrons. The van der Waals surface area contributed by atoms with Crippen molar-refractivity contribution in [2.75, 3.05) is 0 Å². The first kappa shape index (κ1) is 27.6. The molecule has 10 nitrogen and oxygen atoms in total. The SMILES string of the molecule is Cc1nonc1C(=O)N[C@H](c1cn2ncc([C@H](NC(=O)C(F)(F)CC3CC3)C3CC3)cc2n1)C1CCC(F)(F)CC1. The largest absolute Gasteiger partial charge is 0.344 e. The Hall–Kier alpha value is -3.58. The fraction of sp³-hybridized carbons (Fsp3) is 0.630. The predicted molar refractivity (Wildman–Crippen MR) is 135 cm³/mol. The number of hydrogen-bond donors (Lipinski definition) is 2. The van der Waals surface area contributed by atoms with E-state index in [1.54, 1.807) is 19.2 Å². The van der Waals surface area contributed by atoms with Gasteiger partial charge in [-0.2, -0.15) is 13.9 Å². The lowest BCUT2D eigenvalue weighted by atomic mass is 9.81. The number of halogens is 4. The molecule has 14 heteroatoms. The van der Waals surface area contributed by atoms with Crippen LogP contribution in [0, 0.1) is 24.7 Å². The molecule has 2 amide bonds. The van der Waals surface area contributed by atoms with Gasteiger partial charge in [-0.05, 0) is 80.0 Å². The summed E-state index contributed by atoms with van der Waals surface area (Å²) in [4.78, 5) is 30.2. The zero-order chi connectivity index (χ0) is 28.9. The summed E-state index contributed by atoms with van der Waals surface area (Å²) in [5, 5.41) is 17.1. The number of rotatable bonds is 10. The second-order valence-electron chi connectivity index (χ2n) is 11.7. The Balaban J connectivity index is 1.26. The van der Waals surface area contributed by atoms with Crippen molar-refractivity contribution in [1.82, 2.24) is 35.5 Å². The number of nitrogens with one attached hydrogen (secondary N) is 2. The Labute approximate surface area is 232 Å². The van der Waals surface area contributed by atoms with Crippen LogP contribution in [0.15, 0.2) is 23.1 Å². The van der Waals surface area contributed by atoms with Crippen molar-refractivity contribution in [3.8, 4) is 0 Å². The number of alkyl halides is 4. The Bertz CT molecular complexity index is 1440. The summed E-state index contributed by atoms with van der Waals surface area (Å²) in [5.74, 6) is -8.46. The van der Waals surface area contributed by atoms with Crippen molar-refractivity contribution >= 4 is 17.5 Å². The minimum Gasteiger partial charge on any atom is -0.344 e. The topological polar surface area (TPSA) is 127 Å². The van der Waals surface area contributed by atoms with Crippen LogP contribution in [0.2, 0.25) is 0 Å².